The van der Waals surface area contributed by atoms with Gasteiger partial charge in [-0.3, -0.25) is 0 Å². The molecule has 1 saturated heterocycles. The van der Waals surface area contributed by atoms with E-state index in [1.807, 2.05) is 0 Å². The summed E-state index contributed by atoms with van der Waals surface area (Å²) in [7, 11) is 1.62. The van der Waals surface area contributed by atoms with Crippen molar-refractivity contribution in [2.75, 3.05) is 20.3 Å². The van der Waals surface area contributed by atoms with E-state index in [4.69, 9.17) is 14.2 Å². The monoisotopic (exact) mass is 160 g/mol. The molecule has 3 heteroatoms. The van der Waals surface area contributed by atoms with Crippen LogP contribution in [0.25, 0.3) is 0 Å². The molecule has 11 heavy (non-hydrogen) atoms. The molecule has 1 aliphatic heterocycles. The fourth-order valence-electron chi connectivity index (χ4n) is 1.26. The summed E-state index contributed by atoms with van der Waals surface area (Å²) >= 11 is 0. The Labute approximate surface area is 67.6 Å². The largest absolute Gasteiger partial charge is 0.331 e. The van der Waals surface area contributed by atoms with E-state index in [2.05, 4.69) is 13.8 Å². The van der Waals surface area contributed by atoms with Gasteiger partial charge in [0.1, 0.15) is 0 Å². The van der Waals surface area contributed by atoms with Crippen LogP contribution in [-0.2, 0) is 14.2 Å². The van der Waals surface area contributed by atoms with Gasteiger partial charge in [-0.15, -0.1) is 0 Å². The number of hydrogen-bond donors (Lipinski definition) is 0. The van der Waals surface area contributed by atoms with Crippen molar-refractivity contribution in [3.05, 3.63) is 0 Å². The Balaban J connectivity index is 2.58. The van der Waals surface area contributed by atoms with Crippen molar-refractivity contribution in [3.8, 4) is 0 Å². The third kappa shape index (κ3) is 1.55. The van der Waals surface area contributed by atoms with Crippen LogP contribution >= 0.6 is 0 Å². The Kier molecular flexibility index (Phi) is 2.87. The fraction of sp³-hybridized carbons (Fsp3) is 1.00. The molecule has 66 valence electrons. The van der Waals surface area contributed by atoms with Crippen molar-refractivity contribution in [2.24, 2.45) is 5.92 Å². The second kappa shape index (κ2) is 3.52. The minimum atomic E-state index is -0.755. The van der Waals surface area contributed by atoms with Crippen molar-refractivity contribution in [1.29, 1.82) is 0 Å². The van der Waals surface area contributed by atoms with Gasteiger partial charge >= 0.3 is 0 Å². The predicted octanol–water partition coefficient (Wildman–Crippen LogP) is 1.38. The molecular formula is C8H16O3. The molecule has 0 bridgehead atoms. The standard InChI is InChI=1S/C8H16O3/c1-4-7(2)8(9-3)10-5-6-11-8/h7H,4-6H2,1-3H3. The molecule has 0 saturated carbocycles. The van der Waals surface area contributed by atoms with Crippen molar-refractivity contribution in [2.45, 2.75) is 26.2 Å². The molecule has 1 atom stereocenters. The van der Waals surface area contributed by atoms with E-state index in [0.717, 1.165) is 6.42 Å². The second-order valence-electron chi connectivity index (χ2n) is 2.81. The Morgan fingerprint density at radius 3 is 2.36 bits per heavy atom. The zero-order valence-electron chi connectivity index (χ0n) is 7.42. The summed E-state index contributed by atoms with van der Waals surface area (Å²) in [5.41, 5.74) is 0. The summed E-state index contributed by atoms with van der Waals surface area (Å²) in [4.78, 5) is 0. The lowest BCUT2D eigenvalue weighted by molar-refractivity contribution is -0.346. The highest BCUT2D eigenvalue weighted by Gasteiger charge is 2.41. The Morgan fingerprint density at radius 1 is 1.45 bits per heavy atom. The lowest BCUT2D eigenvalue weighted by Gasteiger charge is -2.30. The van der Waals surface area contributed by atoms with Crippen LogP contribution in [-0.4, -0.2) is 26.3 Å². The summed E-state index contributed by atoms with van der Waals surface area (Å²) in [5.74, 6) is -0.468. The number of methoxy groups -OCH3 is 1. The van der Waals surface area contributed by atoms with Crippen LogP contribution in [0, 0.1) is 5.92 Å². The molecule has 0 radical (unpaired) electrons. The normalized spacial score (nSPS) is 25.4. The van der Waals surface area contributed by atoms with Crippen molar-refractivity contribution < 1.29 is 14.2 Å². The zero-order valence-corrected chi connectivity index (χ0v) is 7.42. The van der Waals surface area contributed by atoms with Gasteiger partial charge in [-0.05, 0) is 6.42 Å². The first-order valence-corrected chi connectivity index (χ1v) is 4.08. The highest BCUT2D eigenvalue weighted by Crippen LogP contribution is 2.30. The van der Waals surface area contributed by atoms with Gasteiger partial charge in [0.2, 0.25) is 0 Å². The summed E-state index contributed by atoms with van der Waals surface area (Å²) in [5, 5.41) is 0. The van der Waals surface area contributed by atoms with Crippen LogP contribution in [0.15, 0.2) is 0 Å². The molecule has 1 rings (SSSR count). The lowest BCUT2D eigenvalue weighted by atomic mass is 10.1. The maximum Gasteiger partial charge on any atom is 0.285 e. The molecule has 0 N–H and O–H groups in total. The molecular weight excluding hydrogens is 144 g/mol. The van der Waals surface area contributed by atoms with Crippen LogP contribution in [0.2, 0.25) is 0 Å². The predicted molar refractivity (Wildman–Crippen MR) is 41.1 cm³/mol. The minimum Gasteiger partial charge on any atom is -0.331 e. The van der Waals surface area contributed by atoms with Gasteiger partial charge in [-0.1, -0.05) is 13.8 Å². The Hall–Kier alpha value is -0.120. The van der Waals surface area contributed by atoms with Gasteiger partial charge < -0.3 is 14.2 Å². The number of rotatable bonds is 3. The van der Waals surface area contributed by atoms with Gasteiger partial charge in [-0.2, -0.15) is 0 Å². The first-order valence-electron chi connectivity index (χ1n) is 4.08. The van der Waals surface area contributed by atoms with Crippen LogP contribution < -0.4 is 0 Å². The molecule has 0 aromatic carbocycles. The van der Waals surface area contributed by atoms with Gasteiger partial charge in [-0.25, -0.2) is 0 Å². The van der Waals surface area contributed by atoms with Crippen molar-refractivity contribution in [3.63, 3.8) is 0 Å². The van der Waals surface area contributed by atoms with E-state index < -0.39 is 5.97 Å². The SMILES string of the molecule is CCC(C)C1(OC)OCCO1. The quantitative estimate of drug-likeness (QED) is 0.624. The summed E-state index contributed by atoms with van der Waals surface area (Å²) in [6.45, 7) is 5.43. The molecule has 0 aliphatic carbocycles. The molecule has 1 aliphatic rings. The first kappa shape index (κ1) is 8.97. The van der Waals surface area contributed by atoms with Crippen molar-refractivity contribution in [1.82, 2.24) is 0 Å². The lowest BCUT2D eigenvalue weighted by Crippen LogP contribution is -2.39. The Morgan fingerprint density at radius 2 is 2.00 bits per heavy atom. The fourth-order valence-corrected chi connectivity index (χ4v) is 1.26. The first-order chi connectivity index (χ1) is 5.25. The molecule has 0 aromatic rings. The van der Waals surface area contributed by atoms with Gasteiger partial charge in [0.15, 0.2) is 0 Å². The van der Waals surface area contributed by atoms with E-state index in [9.17, 15) is 0 Å². The van der Waals surface area contributed by atoms with Gasteiger partial charge in [0.05, 0.1) is 13.2 Å². The van der Waals surface area contributed by atoms with E-state index in [1.165, 1.54) is 0 Å². The van der Waals surface area contributed by atoms with Crippen LogP contribution in [0.4, 0.5) is 0 Å². The third-order valence-electron chi connectivity index (χ3n) is 2.19. The van der Waals surface area contributed by atoms with Gasteiger partial charge in [0, 0.05) is 13.0 Å². The third-order valence-corrected chi connectivity index (χ3v) is 2.19. The number of ether oxygens (including phenoxy) is 3. The van der Waals surface area contributed by atoms with Gasteiger partial charge in [0.25, 0.3) is 5.97 Å². The molecule has 1 fully saturated rings. The van der Waals surface area contributed by atoms with Crippen LogP contribution in [0.5, 0.6) is 0 Å². The summed E-state index contributed by atoms with van der Waals surface area (Å²) < 4.78 is 16.0. The molecule has 3 nitrogen and oxygen atoms in total. The molecule has 1 unspecified atom stereocenters. The molecule has 0 spiro atoms. The zero-order chi connectivity index (χ0) is 8.32. The van der Waals surface area contributed by atoms with E-state index in [0.29, 0.717) is 13.2 Å². The maximum absolute atomic E-state index is 5.40. The van der Waals surface area contributed by atoms with E-state index in [1.54, 1.807) is 7.11 Å². The average molecular weight is 160 g/mol. The van der Waals surface area contributed by atoms with E-state index in [-0.39, 0.29) is 5.92 Å². The Bertz CT molecular complexity index is 119. The molecule has 0 aromatic heterocycles. The summed E-state index contributed by atoms with van der Waals surface area (Å²) in [6.07, 6.45) is 0.994. The van der Waals surface area contributed by atoms with E-state index >= 15 is 0 Å². The average Bonchev–Trinajstić information content (AvgIpc) is 2.52. The summed E-state index contributed by atoms with van der Waals surface area (Å²) in [6, 6.07) is 0. The molecule has 0 amide bonds. The van der Waals surface area contributed by atoms with Crippen LogP contribution in [0.1, 0.15) is 20.3 Å². The highest BCUT2D eigenvalue weighted by molar-refractivity contribution is 4.69. The molecule has 1 heterocycles. The minimum absolute atomic E-state index is 0.287. The number of hydrogen-bond acceptors (Lipinski definition) is 3. The smallest absolute Gasteiger partial charge is 0.285 e. The highest BCUT2D eigenvalue weighted by atomic mass is 16.9. The maximum atomic E-state index is 5.40. The van der Waals surface area contributed by atoms with Crippen LogP contribution in [0.3, 0.4) is 0 Å². The van der Waals surface area contributed by atoms with Crippen molar-refractivity contribution >= 4 is 0 Å². The topological polar surface area (TPSA) is 27.7 Å². The second-order valence-corrected chi connectivity index (χ2v) is 2.81.